The van der Waals surface area contributed by atoms with Gasteiger partial charge in [-0.25, -0.2) is 13.8 Å². The van der Waals surface area contributed by atoms with Crippen LogP contribution in [0.3, 0.4) is 0 Å². The Balaban J connectivity index is 1.84. The molecule has 0 atom stereocenters. The molecule has 0 spiro atoms. The fraction of sp³-hybridized carbons (Fsp3) is 0.250. The molecule has 0 aliphatic rings. The van der Waals surface area contributed by atoms with Gasteiger partial charge in [-0.3, -0.25) is 9.59 Å². The van der Waals surface area contributed by atoms with E-state index in [9.17, 15) is 18.4 Å². The molecule has 8 heteroatoms. The number of hydrogen-bond donors (Lipinski definition) is 0. The lowest BCUT2D eigenvalue weighted by molar-refractivity contribution is -0.144. The van der Waals surface area contributed by atoms with Gasteiger partial charge in [-0.15, -0.1) is 11.3 Å². The van der Waals surface area contributed by atoms with Crippen LogP contribution in [0.15, 0.2) is 42.5 Å². The maximum absolute atomic E-state index is 13.9. The summed E-state index contributed by atoms with van der Waals surface area (Å²) in [6.45, 7) is 2.04. The summed E-state index contributed by atoms with van der Waals surface area (Å²) in [4.78, 5) is 30.0. The number of aromatic nitrogens is 1. The molecule has 0 bridgehead atoms. The number of esters is 1. The molecular formula is C20H18F2N2O3S. The van der Waals surface area contributed by atoms with Crippen molar-refractivity contribution >= 4 is 39.1 Å². The standard InChI is InChI=1S/C20H18F2N2O3S/c1-2-27-18(26)11-10-17(25)24(13-6-4-3-5-7-13)12-16-23-20-15(28-16)9-8-14(21)19(20)22/h3-9H,2,10-12H2,1H3. The van der Waals surface area contributed by atoms with Gasteiger partial charge in [0.2, 0.25) is 5.91 Å². The van der Waals surface area contributed by atoms with E-state index in [-0.39, 0.29) is 37.4 Å². The van der Waals surface area contributed by atoms with Crippen molar-refractivity contribution in [1.82, 2.24) is 4.98 Å². The molecule has 0 saturated carbocycles. The van der Waals surface area contributed by atoms with E-state index in [1.807, 2.05) is 6.07 Å². The molecule has 5 nitrogen and oxygen atoms in total. The van der Waals surface area contributed by atoms with Crippen LogP contribution in [0, 0.1) is 11.6 Å². The molecule has 0 saturated heterocycles. The highest BCUT2D eigenvalue weighted by atomic mass is 32.1. The number of fused-ring (bicyclic) bond motifs is 1. The number of rotatable bonds is 7. The Morgan fingerprint density at radius 3 is 2.57 bits per heavy atom. The second kappa shape index (κ2) is 8.88. The molecule has 1 aromatic heterocycles. The highest BCUT2D eigenvalue weighted by Gasteiger charge is 2.20. The van der Waals surface area contributed by atoms with Crippen LogP contribution < -0.4 is 4.90 Å². The molecule has 0 radical (unpaired) electrons. The van der Waals surface area contributed by atoms with Gasteiger partial charge in [0.05, 0.1) is 24.3 Å². The average molecular weight is 404 g/mol. The van der Waals surface area contributed by atoms with Gasteiger partial charge in [0.1, 0.15) is 10.5 Å². The van der Waals surface area contributed by atoms with Crippen LogP contribution in [0.25, 0.3) is 10.2 Å². The summed E-state index contributed by atoms with van der Waals surface area (Å²) in [6, 6.07) is 11.4. The number of ether oxygens (including phenoxy) is 1. The Bertz CT molecular complexity index is 992. The van der Waals surface area contributed by atoms with E-state index in [4.69, 9.17) is 4.74 Å². The molecule has 146 valence electrons. The van der Waals surface area contributed by atoms with Crippen molar-refractivity contribution in [3.05, 3.63) is 59.1 Å². The molecule has 0 aliphatic heterocycles. The predicted molar refractivity (Wildman–Crippen MR) is 103 cm³/mol. The number of carbonyl (C=O) groups excluding carboxylic acids is 2. The van der Waals surface area contributed by atoms with E-state index < -0.39 is 17.6 Å². The summed E-state index contributed by atoms with van der Waals surface area (Å²) in [5.41, 5.74) is 0.578. The molecule has 1 heterocycles. The number of carbonyl (C=O) groups is 2. The Morgan fingerprint density at radius 2 is 1.86 bits per heavy atom. The highest BCUT2D eigenvalue weighted by Crippen LogP contribution is 2.28. The Morgan fingerprint density at radius 1 is 1.11 bits per heavy atom. The first-order chi connectivity index (χ1) is 13.5. The SMILES string of the molecule is CCOC(=O)CCC(=O)N(Cc1nc2c(F)c(F)ccc2s1)c1ccccc1. The topological polar surface area (TPSA) is 59.5 Å². The van der Waals surface area contributed by atoms with Gasteiger partial charge in [-0.1, -0.05) is 18.2 Å². The molecular weight excluding hydrogens is 386 g/mol. The van der Waals surface area contributed by atoms with Crippen molar-refractivity contribution in [2.45, 2.75) is 26.3 Å². The molecule has 3 rings (SSSR count). The number of anilines is 1. The number of thiazole rings is 1. The van der Waals surface area contributed by atoms with Crippen LogP contribution in [0.2, 0.25) is 0 Å². The number of benzene rings is 2. The van der Waals surface area contributed by atoms with Gasteiger partial charge in [-0.05, 0) is 31.2 Å². The quantitative estimate of drug-likeness (QED) is 0.546. The minimum Gasteiger partial charge on any atom is -0.466 e. The highest BCUT2D eigenvalue weighted by molar-refractivity contribution is 7.18. The summed E-state index contributed by atoms with van der Waals surface area (Å²) in [6.07, 6.45) is -0.0582. The summed E-state index contributed by atoms with van der Waals surface area (Å²) < 4.78 is 32.7. The van der Waals surface area contributed by atoms with Crippen molar-refractivity contribution in [2.24, 2.45) is 0 Å². The largest absolute Gasteiger partial charge is 0.466 e. The van der Waals surface area contributed by atoms with E-state index in [1.54, 1.807) is 31.2 Å². The van der Waals surface area contributed by atoms with Crippen LogP contribution in [0.1, 0.15) is 24.8 Å². The van der Waals surface area contributed by atoms with Crippen LogP contribution in [-0.4, -0.2) is 23.5 Å². The zero-order chi connectivity index (χ0) is 20.1. The number of halogens is 2. The van der Waals surface area contributed by atoms with Crippen molar-refractivity contribution in [2.75, 3.05) is 11.5 Å². The third-order valence-electron chi connectivity index (χ3n) is 4.01. The van der Waals surface area contributed by atoms with Crippen molar-refractivity contribution < 1.29 is 23.1 Å². The van der Waals surface area contributed by atoms with Gasteiger partial charge in [0.25, 0.3) is 0 Å². The first-order valence-electron chi connectivity index (χ1n) is 8.74. The summed E-state index contributed by atoms with van der Waals surface area (Å²) >= 11 is 1.19. The third kappa shape index (κ3) is 4.51. The average Bonchev–Trinajstić information content (AvgIpc) is 3.12. The maximum atomic E-state index is 13.9. The predicted octanol–water partition coefficient (Wildman–Crippen LogP) is 4.45. The summed E-state index contributed by atoms with van der Waals surface area (Å²) in [5, 5.41) is 0.466. The van der Waals surface area contributed by atoms with Gasteiger partial charge in [-0.2, -0.15) is 0 Å². The molecule has 1 amide bonds. The first-order valence-corrected chi connectivity index (χ1v) is 9.55. The molecule has 0 unspecified atom stereocenters. The fourth-order valence-corrected chi connectivity index (χ4v) is 3.65. The Kier molecular flexibility index (Phi) is 6.30. The summed E-state index contributed by atoms with van der Waals surface area (Å²) in [7, 11) is 0. The molecule has 0 aliphatic carbocycles. The molecule has 2 aromatic carbocycles. The zero-order valence-corrected chi connectivity index (χ0v) is 16.0. The van der Waals surface area contributed by atoms with E-state index >= 15 is 0 Å². The summed E-state index contributed by atoms with van der Waals surface area (Å²) in [5.74, 6) is -2.69. The van der Waals surface area contributed by atoms with Crippen molar-refractivity contribution in [3.8, 4) is 0 Å². The van der Waals surface area contributed by atoms with Gasteiger partial charge in [0, 0.05) is 12.1 Å². The number of nitrogens with zero attached hydrogens (tertiary/aromatic N) is 2. The normalized spacial score (nSPS) is 10.8. The maximum Gasteiger partial charge on any atom is 0.306 e. The van der Waals surface area contributed by atoms with Crippen LogP contribution in [-0.2, 0) is 20.9 Å². The van der Waals surface area contributed by atoms with Crippen LogP contribution in [0.4, 0.5) is 14.5 Å². The number of amides is 1. The van der Waals surface area contributed by atoms with Gasteiger partial charge in [0.15, 0.2) is 11.6 Å². The number of para-hydroxylation sites is 1. The lowest BCUT2D eigenvalue weighted by atomic mass is 10.2. The minimum atomic E-state index is -1.00. The van der Waals surface area contributed by atoms with E-state index in [0.717, 1.165) is 6.07 Å². The smallest absolute Gasteiger partial charge is 0.306 e. The molecule has 28 heavy (non-hydrogen) atoms. The van der Waals surface area contributed by atoms with Crippen molar-refractivity contribution in [1.29, 1.82) is 0 Å². The number of hydrogen-bond acceptors (Lipinski definition) is 5. The second-order valence-electron chi connectivity index (χ2n) is 5.94. The van der Waals surface area contributed by atoms with E-state index in [1.165, 1.54) is 22.3 Å². The molecule has 3 aromatic rings. The zero-order valence-electron chi connectivity index (χ0n) is 15.2. The Labute approximate surface area is 164 Å². The fourth-order valence-electron chi connectivity index (χ4n) is 2.69. The van der Waals surface area contributed by atoms with Crippen LogP contribution in [0.5, 0.6) is 0 Å². The first kappa shape index (κ1) is 19.9. The third-order valence-corrected chi connectivity index (χ3v) is 5.01. The molecule has 0 fully saturated rings. The lowest BCUT2D eigenvalue weighted by Gasteiger charge is -2.21. The monoisotopic (exact) mass is 404 g/mol. The van der Waals surface area contributed by atoms with Crippen molar-refractivity contribution in [3.63, 3.8) is 0 Å². The van der Waals surface area contributed by atoms with E-state index in [2.05, 4.69) is 4.98 Å². The van der Waals surface area contributed by atoms with Gasteiger partial charge < -0.3 is 9.64 Å². The minimum absolute atomic E-state index is 0.0262. The van der Waals surface area contributed by atoms with Gasteiger partial charge >= 0.3 is 5.97 Å². The molecule has 0 N–H and O–H groups in total. The van der Waals surface area contributed by atoms with Crippen LogP contribution >= 0.6 is 11.3 Å². The van der Waals surface area contributed by atoms with E-state index in [0.29, 0.717) is 15.4 Å². The Hall–Kier alpha value is -2.87. The second-order valence-corrected chi connectivity index (χ2v) is 7.05. The lowest BCUT2D eigenvalue weighted by Crippen LogP contribution is -2.30.